The van der Waals surface area contributed by atoms with Gasteiger partial charge in [-0.3, -0.25) is 10.2 Å². The van der Waals surface area contributed by atoms with Crippen LogP contribution in [-0.4, -0.2) is 39.2 Å². The molecule has 2 heterocycles. The second-order valence-electron chi connectivity index (χ2n) is 6.78. The van der Waals surface area contributed by atoms with Crippen molar-refractivity contribution < 1.29 is 9.53 Å². The van der Waals surface area contributed by atoms with Gasteiger partial charge in [0.25, 0.3) is 0 Å². The zero-order chi connectivity index (χ0) is 20.9. The Labute approximate surface area is 174 Å². The number of aromatic nitrogens is 2. The number of anilines is 1. The van der Waals surface area contributed by atoms with Crippen LogP contribution in [0.15, 0.2) is 79.8 Å². The number of carbonyl (C=O) groups excluding carboxylic acids is 1. The summed E-state index contributed by atoms with van der Waals surface area (Å²) in [7, 11) is 0. The SMILES string of the molecule is C=CC(=O)N1CC[C@@H]1Nc1ncncc1C(=N)c1ccc(Oc2ccccc2)cc1. The van der Waals surface area contributed by atoms with E-state index in [4.69, 9.17) is 10.1 Å². The monoisotopic (exact) mass is 399 g/mol. The second-order valence-corrected chi connectivity index (χ2v) is 6.78. The van der Waals surface area contributed by atoms with Gasteiger partial charge in [-0.05, 0) is 42.5 Å². The van der Waals surface area contributed by atoms with E-state index in [1.54, 1.807) is 11.1 Å². The summed E-state index contributed by atoms with van der Waals surface area (Å²) in [6, 6.07) is 16.8. The van der Waals surface area contributed by atoms with Crippen molar-refractivity contribution in [2.45, 2.75) is 12.6 Å². The first kappa shape index (κ1) is 19.3. The maximum absolute atomic E-state index is 11.9. The Morgan fingerprint density at radius 3 is 2.57 bits per heavy atom. The smallest absolute Gasteiger partial charge is 0.247 e. The van der Waals surface area contributed by atoms with Gasteiger partial charge in [-0.25, -0.2) is 9.97 Å². The van der Waals surface area contributed by atoms with E-state index in [-0.39, 0.29) is 17.8 Å². The number of nitrogens with one attached hydrogen (secondary N) is 2. The fraction of sp³-hybridized carbons (Fsp3) is 0.130. The summed E-state index contributed by atoms with van der Waals surface area (Å²) in [4.78, 5) is 21.9. The molecule has 4 rings (SSSR count). The fourth-order valence-corrected chi connectivity index (χ4v) is 3.17. The molecule has 1 amide bonds. The number of benzene rings is 2. The van der Waals surface area contributed by atoms with Crippen molar-refractivity contribution in [2.24, 2.45) is 0 Å². The van der Waals surface area contributed by atoms with Crippen molar-refractivity contribution in [1.82, 2.24) is 14.9 Å². The van der Waals surface area contributed by atoms with E-state index < -0.39 is 0 Å². The van der Waals surface area contributed by atoms with Crippen LogP contribution < -0.4 is 10.1 Å². The van der Waals surface area contributed by atoms with Crippen molar-refractivity contribution in [3.63, 3.8) is 0 Å². The van der Waals surface area contributed by atoms with Gasteiger partial charge in [-0.2, -0.15) is 0 Å². The molecule has 3 aromatic rings. The van der Waals surface area contributed by atoms with Gasteiger partial charge in [0.15, 0.2) is 0 Å². The Kier molecular flexibility index (Phi) is 5.52. The molecule has 1 aromatic heterocycles. The van der Waals surface area contributed by atoms with E-state index in [9.17, 15) is 4.79 Å². The molecule has 7 nitrogen and oxygen atoms in total. The van der Waals surface area contributed by atoms with E-state index in [2.05, 4.69) is 21.9 Å². The first-order chi connectivity index (χ1) is 14.7. The van der Waals surface area contributed by atoms with Gasteiger partial charge >= 0.3 is 0 Å². The van der Waals surface area contributed by atoms with Gasteiger partial charge in [0.1, 0.15) is 29.8 Å². The van der Waals surface area contributed by atoms with Gasteiger partial charge in [0.05, 0.1) is 11.3 Å². The summed E-state index contributed by atoms with van der Waals surface area (Å²) in [6.07, 6.45) is 4.97. The number of para-hydroxylation sites is 1. The molecule has 0 saturated carbocycles. The van der Waals surface area contributed by atoms with E-state index in [1.165, 1.54) is 12.4 Å². The second kappa shape index (κ2) is 8.57. The van der Waals surface area contributed by atoms with Gasteiger partial charge in [0.2, 0.25) is 5.91 Å². The number of ether oxygens (including phenoxy) is 1. The Hall–Kier alpha value is -4.00. The molecule has 0 unspecified atom stereocenters. The summed E-state index contributed by atoms with van der Waals surface area (Å²) < 4.78 is 5.81. The quantitative estimate of drug-likeness (QED) is 0.465. The van der Waals surface area contributed by atoms with E-state index >= 15 is 0 Å². The highest BCUT2D eigenvalue weighted by molar-refractivity contribution is 6.13. The van der Waals surface area contributed by atoms with Crippen LogP contribution in [0.3, 0.4) is 0 Å². The van der Waals surface area contributed by atoms with Crippen LogP contribution >= 0.6 is 0 Å². The van der Waals surface area contributed by atoms with Crippen LogP contribution in [0.2, 0.25) is 0 Å². The minimum atomic E-state index is -0.168. The zero-order valence-electron chi connectivity index (χ0n) is 16.3. The van der Waals surface area contributed by atoms with Crippen LogP contribution in [0.1, 0.15) is 17.5 Å². The molecule has 0 aliphatic carbocycles. The number of amides is 1. The van der Waals surface area contributed by atoms with E-state index in [0.717, 1.165) is 12.2 Å². The highest BCUT2D eigenvalue weighted by atomic mass is 16.5. The zero-order valence-corrected chi connectivity index (χ0v) is 16.3. The Morgan fingerprint density at radius 2 is 1.90 bits per heavy atom. The lowest BCUT2D eigenvalue weighted by Crippen LogP contribution is -2.54. The molecule has 1 fully saturated rings. The minimum absolute atomic E-state index is 0.126. The normalized spacial score (nSPS) is 15.1. The van der Waals surface area contributed by atoms with Crippen molar-refractivity contribution in [1.29, 1.82) is 5.41 Å². The lowest BCUT2D eigenvalue weighted by molar-refractivity contribution is -0.132. The molecule has 0 spiro atoms. The summed E-state index contributed by atoms with van der Waals surface area (Å²) in [5.41, 5.74) is 1.55. The van der Waals surface area contributed by atoms with Crippen LogP contribution in [0.25, 0.3) is 0 Å². The third-order valence-electron chi connectivity index (χ3n) is 4.88. The van der Waals surface area contributed by atoms with E-state index in [0.29, 0.717) is 29.2 Å². The van der Waals surface area contributed by atoms with Crippen LogP contribution in [-0.2, 0) is 4.79 Å². The first-order valence-corrected chi connectivity index (χ1v) is 9.57. The summed E-state index contributed by atoms with van der Waals surface area (Å²) in [5, 5.41) is 11.9. The van der Waals surface area contributed by atoms with Gasteiger partial charge in [-0.1, -0.05) is 24.8 Å². The van der Waals surface area contributed by atoms with Crippen LogP contribution in [0.4, 0.5) is 5.82 Å². The van der Waals surface area contributed by atoms with Crippen molar-refractivity contribution in [3.8, 4) is 11.5 Å². The maximum atomic E-state index is 11.9. The largest absolute Gasteiger partial charge is 0.457 e. The fourth-order valence-electron chi connectivity index (χ4n) is 3.17. The number of hydrogen-bond donors (Lipinski definition) is 2. The van der Waals surface area contributed by atoms with Crippen molar-refractivity contribution in [3.05, 3.63) is 90.9 Å². The molecule has 1 aliphatic rings. The summed E-state index contributed by atoms with van der Waals surface area (Å²) in [5.74, 6) is 1.83. The summed E-state index contributed by atoms with van der Waals surface area (Å²) in [6.45, 7) is 4.20. The molecule has 1 atom stereocenters. The average molecular weight is 399 g/mol. The molecule has 1 saturated heterocycles. The molecule has 7 heteroatoms. The number of likely N-dealkylation sites (tertiary alicyclic amines) is 1. The molecular weight excluding hydrogens is 378 g/mol. The molecule has 2 aromatic carbocycles. The first-order valence-electron chi connectivity index (χ1n) is 9.57. The number of nitrogens with zero attached hydrogens (tertiary/aromatic N) is 3. The number of rotatable bonds is 7. The molecule has 30 heavy (non-hydrogen) atoms. The van der Waals surface area contributed by atoms with E-state index in [1.807, 2.05) is 54.6 Å². The molecule has 1 aliphatic heterocycles. The minimum Gasteiger partial charge on any atom is -0.457 e. The van der Waals surface area contributed by atoms with Crippen molar-refractivity contribution in [2.75, 3.05) is 11.9 Å². The third-order valence-corrected chi connectivity index (χ3v) is 4.88. The predicted octanol–water partition coefficient (Wildman–Crippen LogP) is 3.84. The lowest BCUT2D eigenvalue weighted by atomic mass is 10.0. The molecule has 2 N–H and O–H groups in total. The Morgan fingerprint density at radius 1 is 1.17 bits per heavy atom. The standard InChI is InChI=1S/C23H21N5O2/c1-2-21(29)28-13-12-20(28)27-23-19(14-25-15-26-23)22(24)16-8-10-18(11-9-16)30-17-6-4-3-5-7-17/h2-11,14-15,20,24H,1,12-13H2,(H,25,26,27)/t20-/m1/s1. The third kappa shape index (κ3) is 4.05. The Bertz CT molecular complexity index is 1070. The molecule has 0 radical (unpaired) electrons. The van der Waals surface area contributed by atoms with Gasteiger partial charge in [-0.15, -0.1) is 0 Å². The number of hydrogen-bond acceptors (Lipinski definition) is 6. The molecule has 0 bridgehead atoms. The number of carbonyl (C=O) groups is 1. The summed E-state index contributed by atoms with van der Waals surface area (Å²) >= 11 is 0. The average Bonchev–Trinajstić information content (AvgIpc) is 2.77. The van der Waals surface area contributed by atoms with Gasteiger partial charge in [0, 0.05) is 24.7 Å². The topological polar surface area (TPSA) is 91.2 Å². The van der Waals surface area contributed by atoms with Crippen LogP contribution in [0, 0.1) is 5.41 Å². The van der Waals surface area contributed by atoms with Crippen molar-refractivity contribution >= 4 is 17.4 Å². The lowest BCUT2D eigenvalue weighted by Gasteiger charge is -2.41. The highest BCUT2D eigenvalue weighted by Gasteiger charge is 2.31. The predicted molar refractivity (Wildman–Crippen MR) is 115 cm³/mol. The maximum Gasteiger partial charge on any atom is 0.247 e. The van der Waals surface area contributed by atoms with Gasteiger partial charge < -0.3 is 15.0 Å². The Balaban J connectivity index is 1.50. The van der Waals surface area contributed by atoms with Crippen LogP contribution in [0.5, 0.6) is 11.5 Å². The highest BCUT2D eigenvalue weighted by Crippen LogP contribution is 2.25. The molecule has 150 valence electrons. The molecular formula is C23H21N5O2.